The number of halogens is 2. The van der Waals surface area contributed by atoms with Crippen molar-refractivity contribution in [3.8, 4) is 0 Å². The van der Waals surface area contributed by atoms with Crippen LogP contribution in [0.15, 0.2) is 41.0 Å². The second kappa shape index (κ2) is 5.75. The van der Waals surface area contributed by atoms with Crippen molar-refractivity contribution in [2.75, 3.05) is 0 Å². The van der Waals surface area contributed by atoms with Crippen molar-refractivity contribution in [2.24, 2.45) is 5.84 Å². The molecule has 5 heteroatoms. The summed E-state index contributed by atoms with van der Waals surface area (Å²) in [6, 6.07) is 6.76. The van der Waals surface area contributed by atoms with Gasteiger partial charge in [-0.25, -0.2) is 8.78 Å². The van der Waals surface area contributed by atoms with E-state index in [0.29, 0.717) is 12.8 Å². The summed E-state index contributed by atoms with van der Waals surface area (Å²) in [6.45, 7) is 0. The molecule has 0 radical (unpaired) electrons. The number of hydrogen-bond donors (Lipinski definition) is 2. The van der Waals surface area contributed by atoms with Crippen molar-refractivity contribution in [2.45, 2.75) is 18.9 Å². The highest BCUT2D eigenvalue weighted by molar-refractivity contribution is 5.23. The number of hydrogen-bond acceptors (Lipinski definition) is 3. The van der Waals surface area contributed by atoms with Crippen molar-refractivity contribution in [3.63, 3.8) is 0 Å². The van der Waals surface area contributed by atoms with Gasteiger partial charge in [0.25, 0.3) is 0 Å². The summed E-state index contributed by atoms with van der Waals surface area (Å²) in [5.41, 5.74) is 2.41. The Morgan fingerprint density at radius 2 is 1.89 bits per heavy atom. The largest absolute Gasteiger partial charge is 0.469 e. The maximum absolute atomic E-state index is 13.6. The summed E-state index contributed by atoms with van der Waals surface area (Å²) < 4.78 is 32.4. The van der Waals surface area contributed by atoms with Gasteiger partial charge in [-0.15, -0.1) is 0 Å². The third-order valence-corrected chi connectivity index (χ3v) is 2.81. The highest BCUT2D eigenvalue weighted by atomic mass is 19.1. The lowest BCUT2D eigenvalue weighted by molar-refractivity contribution is 0.430. The minimum atomic E-state index is -0.600. The molecular weight excluding hydrogens is 238 g/mol. The van der Waals surface area contributed by atoms with Crippen LogP contribution in [0.25, 0.3) is 0 Å². The quantitative estimate of drug-likeness (QED) is 0.635. The summed E-state index contributed by atoms with van der Waals surface area (Å²) >= 11 is 0. The Morgan fingerprint density at radius 1 is 1.17 bits per heavy atom. The Bertz CT molecular complexity index is 479. The maximum atomic E-state index is 13.6. The molecule has 1 atom stereocenters. The first-order valence-corrected chi connectivity index (χ1v) is 5.64. The fourth-order valence-electron chi connectivity index (χ4n) is 1.90. The van der Waals surface area contributed by atoms with Crippen molar-refractivity contribution < 1.29 is 13.2 Å². The first kappa shape index (κ1) is 12.7. The van der Waals surface area contributed by atoms with Crippen molar-refractivity contribution in [3.05, 3.63) is 59.6 Å². The summed E-state index contributed by atoms with van der Waals surface area (Å²) in [7, 11) is 0. The standard InChI is InChI=1S/C13H14F2N2O/c14-10-4-1-5-11(15)13(10)12(17-16)7-6-9-3-2-8-18-9/h1-5,8,12,17H,6-7,16H2. The van der Waals surface area contributed by atoms with Gasteiger partial charge in [0.1, 0.15) is 17.4 Å². The number of hydrazine groups is 1. The Kier molecular flexibility index (Phi) is 4.07. The summed E-state index contributed by atoms with van der Waals surface area (Å²) in [6.07, 6.45) is 2.56. The second-order valence-corrected chi connectivity index (χ2v) is 3.97. The Labute approximate surface area is 104 Å². The lowest BCUT2D eigenvalue weighted by Crippen LogP contribution is -2.29. The summed E-state index contributed by atoms with van der Waals surface area (Å²) in [4.78, 5) is 0. The molecule has 0 bridgehead atoms. The van der Waals surface area contributed by atoms with E-state index >= 15 is 0 Å². The maximum Gasteiger partial charge on any atom is 0.130 e. The average Bonchev–Trinajstić information content (AvgIpc) is 2.86. The van der Waals surface area contributed by atoms with E-state index in [0.717, 1.165) is 5.76 Å². The molecule has 0 spiro atoms. The molecule has 0 aliphatic rings. The SMILES string of the molecule is NNC(CCc1ccco1)c1c(F)cccc1F. The summed E-state index contributed by atoms with van der Waals surface area (Å²) in [5.74, 6) is 4.93. The van der Waals surface area contributed by atoms with Gasteiger partial charge in [-0.05, 0) is 30.7 Å². The molecule has 3 N–H and O–H groups in total. The molecular formula is C13H14F2N2O. The summed E-state index contributed by atoms with van der Waals surface area (Å²) in [5, 5.41) is 0. The molecule has 1 unspecified atom stereocenters. The van der Waals surface area contributed by atoms with Gasteiger partial charge in [0, 0.05) is 12.0 Å². The van der Waals surface area contributed by atoms with Gasteiger partial charge in [-0.1, -0.05) is 6.07 Å². The molecule has 0 aliphatic carbocycles. The Hall–Kier alpha value is -1.72. The first-order chi connectivity index (χ1) is 8.72. The van der Waals surface area contributed by atoms with Crippen LogP contribution in [-0.4, -0.2) is 0 Å². The van der Waals surface area contributed by atoms with Crippen LogP contribution in [0.5, 0.6) is 0 Å². The Morgan fingerprint density at radius 3 is 2.44 bits per heavy atom. The van der Waals surface area contributed by atoms with Gasteiger partial charge >= 0.3 is 0 Å². The highest BCUT2D eigenvalue weighted by Gasteiger charge is 2.19. The smallest absolute Gasteiger partial charge is 0.130 e. The van der Waals surface area contributed by atoms with Crippen LogP contribution in [-0.2, 0) is 6.42 Å². The lowest BCUT2D eigenvalue weighted by atomic mass is 10.0. The van der Waals surface area contributed by atoms with Crippen molar-refractivity contribution in [1.29, 1.82) is 0 Å². The number of nitrogens with one attached hydrogen (secondary N) is 1. The molecule has 2 rings (SSSR count). The van der Waals surface area contributed by atoms with E-state index in [4.69, 9.17) is 10.3 Å². The number of aryl methyl sites for hydroxylation is 1. The monoisotopic (exact) mass is 252 g/mol. The zero-order chi connectivity index (χ0) is 13.0. The molecule has 96 valence electrons. The van der Waals surface area contributed by atoms with E-state index in [1.165, 1.54) is 18.2 Å². The van der Waals surface area contributed by atoms with Crippen LogP contribution >= 0.6 is 0 Å². The minimum absolute atomic E-state index is 0.0356. The van der Waals surface area contributed by atoms with Crippen molar-refractivity contribution in [1.82, 2.24) is 5.43 Å². The molecule has 0 saturated carbocycles. The lowest BCUT2D eigenvalue weighted by Gasteiger charge is -2.17. The van der Waals surface area contributed by atoms with Crippen LogP contribution in [0.2, 0.25) is 0 Å². The van der Waals surface area contributed by atoms with Gasteiger partial charge < -0.3 is 4.42 Å². The molecule has 1 heterocycles. The van der Waals surface area contributed by atoms with Crippen molar-refractivity contribution >= 4 is 0 Å². The second-order valence-electron chi connectivity index (χ2n) is 3.97. The van der Waals surface area contributed by atoms with E-state index in [2.05, 4.69) is 5.43 Å². The average molecular weight is 252 g/mol. The topological polar surface area (TPSA) is 51.2 Å². The third kappa shape index (κ3) is 2.75. The fourth-order valence-corrected chi connectivity index (χ4v) is 1.90. The predicted octanol–water partition coefficient (Wildman–Crippen LogP) is 2.70. The number of nitrogens with two attached hydrogens (primary N) is 1. The van der Waals surface area contributed by atoms with Gasteiger partial charge in [-0.2, -0.15) is 0 Å². The predicted molar refractivity (Wildman–Crippen MR) is 63.5 cm³/mol. The Balaban J connectivity index is 2.13. The minimum Gasteiger partial charge on any atom is -0.469 e. The normalized spacial score (nSPS) is 12.6. The van der Waals surface area contributed by atoms with Gasteiger partial charge in [0.2, 0.25) is 0 Å². The first-order valence-electron chi connectivity index (χ1n) is 5.64. The number of furan rings is 1. The number of benzene rings is 1. The zero-order valence-electron chi connectivity index (χ0n) is 9.70. The van der Waals surface area contributed by atoms with Gasteiger partial charge in [-0.3, -0.25) is 11.3 Å². The van der Waals surface area contributed by atoms with E-state index < -0.39 is 17.7 Å². The molecule has 3 nitrogen and oxygen atoms in total. The van der Waals surface area contributed by atoms with Crippen LogP contribution in [0, 0.1) is 11.6 Å². The fraction of sp³-hybridized carbons (Fsp3) is 0.231. The van der Waals surface area contributed by atoms with Crippen LogP contribution in [0.3, 0.4) is 0 Å². The van der Waals surface area contributed by atoms with E-state index in [1.54, 1.807) is 12.3 Å². The van der Waals surface area contributed by atoms with Crippen LogP contribution in [0.1, 0.15) is 23.8 Å². The molecule has 1 aromatic carbocycles. The van der Waals surface area contributed by atoms with Gasteiger partial charge in [0.15, 0.2) is 0 Å². The van der Waals surface area contributed by atoms with E-state index in [1.807, 2.05) is 6.07 Å². The van der Waals surface area contributed by atoms with Gasteiger partial charge in [0.05, 0.1) is 12.3 Å². The number of rotatable bonds is 5. The zero-order valence-corrected chi connectivity index (χ0v) is 9.70. The molecule has 0 fully saturated rings. The highest BCUT2D eigenvalue weighted by Crippen LogP contribution is 2.24. The third-order valence-electron chi connectivity index (χ3n) is 2.81. The molecule has 18 heavy (non-hydrogen) atoms. The van der Waals surface area contributed by atoms with E-state index in [-0.39, 0.29) is 5.56 Å². The molecule has 0 aliphatic heterocycles. The van der Waals surface area contributed by atoms with Crippen LogP contribution in [0.4, 0.5) is 8.78 Å². The van der Waals surface area contributed by atoms with Crippen LogP contribution < -0.4 is 11.3 Å². The molecule has 0 amide bonds. The molecule has 2 aromatic rings. The van der Waals surface area contributed by atoms with E-state index in [9.17, 15) is 8.78 Å². The molecule has 1 aromatic heterocycles. The molecule has 0 saturated heterocycles.